The number of hydrogen-bond acceptors (Lipinski definition) is 5. The van der Waals surface area contributed by atoms with Gasteiger partial charge < -0.3 is 4.98 Å². The second-order valence-corrected chi connectivity index (χ2v) is 8.27. The molecule has 0 spiro atoms. The molecule has 4 aromatic rings. The van der Waals surface area contributed by atoms with Gasteiger partial charge in [0.1, 0.15) is 0 Å². The van der Waals surface area contributed by atoms with Crippen LogP contribution in [0.2, 0.25) is 0 Å². The molecule has 3 N–H and O–H groups in total. The maximum Gasteiger partial charge on any atom is 0.280 e. The Morgan fingerprint density at radius 3 is 2.52 bits per heavy atom. The molecule has 8 heteroatoms. The molecule has 0 unspecified atom stereocenters. The maximum absolute atomic E-state index is 12.3. The molecule has 0 aliphatic heterocycles. The van der Waals surface area contributed by atoms with Crippen LogP contribution < -0.4 is 10.9 Å². The third-order valence-electron chi connectivity index (χ3n) is 4.32. The van der Waals surface area contributed by atoms with E-state index in [1.807, 2.05) is 54.8 Å². The summed E-state index contributed by atoms with van der Waals surface area (Å²) in [4.78, 5) is 32.7. The lowest BCUT2D eigenvalue weighted by Gasteiger charge is -2.07. The number of hydrogen-bond donors (Lipinski definition) is 3. The Labute approximate surface area is 175 Å². The van der Waals surface area contributed by atoms with Crippen LogP contribution in [0, 0.1) is 6.92 Å². The van der Waals surface area contributed by atoms with Crippen molar-refractivity contribution in [3.63, 3.8) is 0 Å². The Hall–Kier alpha value is -3.10. The van der Waals surface area contributed by atoms with Gasteiger partial charge >= 0.3 is 0 Å². The van der Waals surface area contributed by atoms with E-state index in [1.165, 1.54) is 11.3 Å². The number of hydrazine groups is 1. The molecule has 146 valence electrons. The van der Waals surface area contributed by atoms with Gasteiger partial charge in [0.05, 0.1) is 15.9 Å². The minimum atomic E-state index is -0.357. The Morgan fingerprint density at radius 2 is 1.79 bits per heavy atom. The number of carbonyl (C=O) groups excluding carboxylic acids is 2. The number of benzene rings is 2. The minimum absolute atomic E-state index is 0.315. The molecule has 0 aliphatic carbocycles. The van der Waals surface area contributed by atoms with Crippen LogP contribution in [0.4, 0.5) is 0 Å². The van der Waals surface area contributed by atoms with Crippen molar-refractivity contribution in [3.05, 3.63) is 81.5 Å². The van der Waals surface area contributed by atoms with Crippen LogP contribution in [0.25, 0.3) is 11.0 Å². The number of rotatable bonds is 5. The number of H-pyrrole nitrogens is 1. The standard InChI is InChI=1S/C21H18N4O2S2/c1-13-10-11-28-18(13)20(27)25-24-19(26)15-8-6-14(7-9-15)12-29-21-22-16-4-2-3-5-17(16)23-21/h2-11H,12H2,1H3,(H,22,23)(H,24,26)(H,25,27). The third-order valence-corrected chi connectivity index (χ3v) is 6.28. The van der Waals surface area contributed by atoms with Crippen molar-refractivity contribution in [2.24, 2.45) is 0 Å². The van der Waals surface area contributed by atoms with Crippen LogP contribution in [0.15, 0.2) is 65.1 Å². The van der Waals surface area contributed by atoms with E-state index < -0.39 is 0 Å². The fraction of sp³-hybridized carbons (Fsp3) is 0.0952. The van der Waals surface area contributed by atoms with Crippen molar-refractivity contribution in [2.75, 3.05) is 0 Å². The van der Waals surface area contributed by atoms with Gasteiger partial charge in [-0.3, -0.25) is 20.4 Å². The molecule has 29 heavy (non-hydrogen) atoms. The summed E-state index contributed by atoms with van der Waals surface area (Å²) in [6.45, 7) is 1.86. The van der Waals surface area contributed by atoms with E-state index >= 15 is 0 Å². The SMILES string of the molecule is Cc1ccsc1C(=O)NNC(=O)c1ccc(CSc2nc3ccccc3[nH]2)cc1. The van der Waals surface area contributed by atoms with Gasteiger partial charge in [-0.05, 0) is 53.8 Å². The van der Waals surface area contributed by atoms with Crippen LogP contribution in [0.5, 0.6) is 0 Å². The number of carbonyl (C=O) groups is 2. The van der Waals surface area contributed by atoms with E-state index in [4.69, 9.17) is 0 Å². The lowest BCUT2D eigenvalue weighted by atomic mass is 10.1. The summed E-state index contributed by atoms with van der Waals surface area (Å²) in [5.41, 5.74) is 9.30. The largest absolute Gasteiger partial charge is 0.333 e. The lowest BCUT2D eigenvalue weighted by Crippen LogP contribution is -2.41. The molecule has 2 aromatic heterocycles. The molecule has 0 atom stereocenters. The van der Waals surface area contributed by atoms with Crippen molar-refractivity contribution in [1.29, 1.82) is 0 Å². The number of aromatic nitrogens is 2. The highest BCUT2D eigenvalue weighted by Gasteiger charge is 2.12. The highest BCUT2D eigenvalue weighted by Crippen LogP contribution is 2.23. The van der Waals surface area contributed by atoms with Gasteiger partial charge in [0, 0.05) is 11.3 Å². The molecule has 0 radical (unpaired) electrons. The number of fused-ring (bicyclic) bond motifs is 1. The molecule has 2 amide bonds. The fourth-order valence-corrected chi connectivity index (χ4v) is 4.41. The number of aryl methyl sites for hydroxylation is 1. The van der Waals surface area contributed by atoms with Gasteiger partial charge in [-0.25, -0.2) is 4.98 Å². The molecular weight excluding hydrogens is 404 g/mol. The maximum atomic E-state index is 12.3. The number of imidazole rings is 1. The van der Waals surface area contributed by atoms with Crippen molar-refractivity contribution < 1.29 is 9.59 Å². The van der Waals surface area contributed by atoms with Crippen molar-refractivity contribution in [1.82, 2.24) is 20.8 Å². The predicted molar refractivity (Wildman–Crippen MR) is 116 cm³/mol. The van der Waals surface area contributed by atoms with E-state index in [-0.39, 0.29) is 11.8 Å². The second-order valence-electron chi connectivity index (χ2n) is 6.39. The summed E-state index contributed by atoms with van der Waals surface area (Å²) in [7, 11) is 0. The summed E-state index contributed by atoms with van der Waals surface area (Å²) < 4.78 is 0. The lowest BCUT2D eigenvalue weighted by molar-refractivity contribution is 0.0848. The number of para-hydroxylation sites is 2. The zero-order chi connectivity index (χ0) is 20.2. The number of aromatic amines is 1. The van der Waals surface area contributed by atoms with Crippen LogP contribution in [-0.2, 0) is 5.75 Å². The summed E-state index contributed by atoms with van der Waals surface area (Å²) in [5.74, 6) is 0.0598. The van der Waals surface area contributed by atoms with Gasteiger partial charge in [0.15, 0.2) is 5.16 Å². The second kappa shape index (κ2) is 8.50. The van der Waals surface area contributed by atoms with Crippen molar-refractivity contribution in [2.45, 2.75) is 17.8 Å². The average Bonchev–Trinajstić information content (AvgIpc) is 3.36. The van der Waals surface area contributed by atoms with E-state index in [0.29, 0.717) is 10.4 Å². The highest BCUT2D eigenvalue weighted by atomic mass is 32.2. The van der Waals surface area contributed by atoms with Gasteiger partial charge in [-0.1, -0.05) is 36.0 Å². The number of thioether (sulfide) groups is 1. The summed E-state index contributed by atoms with van der Waals surface area (Å²) in [6, 6.07) is 17.1. The molecule has 0 saturated heterocycles. The minimum Gasteiger partial charge on any atom is -0.333 e. The molecule has 2 heterocycles. The summed E-state index contributed by atoms with van der Waals surface area (Å²) in [5, 5.41) is 2.70. The quantitative estimate of drug-likeness (QED) is 0.331. The monoisotopic (exact) mass is 422 g/mol. The molecule has 2 aromatic carbocycles. The number of thiophene rings is 1. The summed E-state index contributed by atoms with van der Waals surface area (Å²) >= 11 is 2.94. The molecule has 0 aliphatic rings. The fourth-order valence-electron chi connectivity index (χ4n) is 2.75. The number of nitrogens with zero attached hydrogens (tertiary/aromatic N) is 1. The van der Waals surface area contributed by atoms with Crippen LogP contribution in [0.1, 0.15) is 31.2 Å². The normalized spacial score (nSPS) is 10.8. The van der Waals surface area contributed by atoms with Crippen molar-refractivity contribution >= 4 is 45.9 Å². The number of amides is 2. The topological polar surface area (TPSA) is 86.9 Å². The first-order chi connectivity index (χ1) is 14.1. The first-order valence-corrected chi connectivity index (χ1v) is 10.8. The Balaban J connectivity index is 1.31. The van der Waals surface area contributed by atoms with Gasteiger partial charge in [0.25, 0.3) is 11.8 Å². The zero-order valence-corrected chi connectivity index (χ0v) is 17.2. The number of nitrogens with one attached hydrogen (secondary N) is 3. The smallest absolute Gasteiger partial charge is 0.280 e. The van der Waals surface area contributed by atoms with Gasteiger partial charge in [0.2, 0.25) is 0 Å². The van der Waals surface area contributed by atoms with Crippen molar-refractivity contribution in [3.8, 4) is 0 Å². The zero-order valence-electron chi connectivity index (χ0n) is 15.6. The Bertz CT molecular complexity index is 1130. The van der Waals surface area contributed by atoms with Crippen LogP contribution in [0.3, 0.4) is 0 Å². The predicted octanol–water partition coefficient (Wildman–Crippen LogP) is 4.30. The van der Waals surface area contributed by atoms with E-state index in [1.54, 1.807) is 23.9 Å². The Kier molecular flexibility index (Phi) is 5.64. The third kappa shape index (κ3) is 4.49. The van der Waals surface area contributed by atoms with Crippen LogP contribution in [-0.4, -0.2) is 21.8 Å². The molecule has 0 fully saturated rings. The first kappa shape index (κ1) is 19.2. The molecule has 4 rings (SSSR count). The highest BCUT2D eigenvalue weighted by molar-refractivity contribution is 7.98. The van der Waals surface area contributed by atoms with Crippen LogP contribution >= 0.6 is 23.1 Å². The molecule has 0 bridgehead atoms. The van der Waals surface area contributed by atoms with E-state index in [9.17, 15) is 9.59 Å². The summed E-state index contributed by atoms with van der Waals surface area (Å²) in [6.07, 6.45) is 0. The van der Waals surface area contributed by atoms with E-state index in [0.717, 1.165) is 33.1 Å². The first-order valence-electron chi connectivity index (χ1n) is 8.91. The molecule has 6 nitrogen and oxygen atoms in total. The van der Waals surface area contributed by atoms with Gasteiger partial charge in [-0.15, -0.1) is 11.3 Å². The van der Waals surface area contributed by atoms with E-state index in [2.05, 4.69) is 20.8 Å². The molecule has 0 saturated carbocycles. The Morgan fingerprint density at radius 1 is 1.03 bits per heavy atom. The average molecular weight is 423 g/mol. The molecular formula is C21H18N4O2S2. The van der Waals surface area contributed by atoms with Gasteiger partial charge in [-0.2, -0.15) is 0 Å².